The Hall–Kier alpha value is -0.830. The van der Waals surface area contributed by atoms with E-state index < -0.39 is 5.97 Å². The molecular formula is C9H14O3. The monoisotopic (exact) mass is 170 g/mol. The first-order chi connectivity index (χ1) is 5.63. The Kier molecular flexibility index (Phi) is 2.87. The second kappa shape index (κ2) is 3.72. The maximum Gasteiger partial charge on any atom is 0.331 e. The summed E-state index contributed by atoms with van der Waals surface area (Å²) in [7, 11) is 0. The Labute approximate surface area is 72.0 Å². The Morgan fingerprint density at radius 2 is 2.17 bits per heavy atom. The van der Waals surface area contributed by atoms with Gasteiger partial charge in [-0.1, -0.05) is 5.57 Å². The van der Waals surface area contributed by atoms with E-state index in [1.165, 1.54) is 0 Å². The first-order valence-corrected chi connectivity index (χ1v) is 4.11. The van der Waals surface area contributed by atoms with Crippen LogP contribution in [0.3, 0.4) is 0 Å². The lowest BCUT2D eigenvalue weighted by atomic mass is 9.96. The summed E-state index contributed by atoms with van der Waals surface area (Å²) < 4.78 is 5.18. The summed E-state index contributed by atoms with van der Waals surface area (Å²) in [6.45, 7) is 4.96. The fourth-order valence-corrected chi connectivity index (χ4v) is 1.35. The van der Waals surface area contributed by atoms with Crippen molar-refractivity contribution in [3.63, 3.8) is 0 Å². The number of carboxylic acids is 1. The maximum absolute atomic E-state index is 10.6. The number of carbonyl (C=O) groups is 1. The lowest BCUT2D eigenvalue weighted by Crippen LogP contribution is -2.08. The summed E-state index contributed by atoms with van der Waals surface area (Å²) in [4.78, 5) is 10.6. The van der Waals surface area contributed by atoms with Crippen LogP contribution in [0.15, 0.2) is 11.1 Å². The van der Waals surface area contributed by atoms with Gasteiger partial charge in [0.2, 0.25) is 0 Å². The van der Waals surface area contributed by atoms with E-state index in [2.05, 4.69) is 0 Å². The topological polar surface area (TPSA) is 46.5 Å². The summed E-state index contributed by atoms with van der Waals surface area (Å²) in [5, 5.41) is 8.71. The molecule has 1 heterocycles. The van der Waals surface area contributed by atoms with Crippen LogP contribution in [0.4, 0.5) is 0 Å². The molecule has 0 radical (unpaired) electrons. The number of aliphatic carboxylic acids is 1. The van der Waals surface area contributed by atoms with Crippen molar-refractivity contribution >= 4 is 5.97 Å². The average molecular weight is 170 g/mol. The second-order valence-corrected chi connectivity index (χ2v) is 3.17. The summed E-state index contributed by atoms with van der Waals surface area (Å²) in [5.41, 5.74) is 1.42. The third-order valence-electron chi connectivity index (χ3n) is 2.45. The van der Waals surface area contributed by atoms with Gasteiger partial charge in [0, 0.05) is 18.1 Å². The third kappa shape index (κ3) is 1.85. The fraction of sp³-hybridized carbons (Fsp3) is 0.667. The molecule has 0 aromatic heterocycles. The van der Waals surface area contributed by atoms with Crippen LogP contribution in [0, 0.1) is 5.92 Å². The predicted octanol–water partition coefficient (Wildman–Crippen LogP) is 1.44. The molecule has 0 bridgehead atoms. The second-order valence-electron chi connectivity index (χ2n) is 3.17. The molecule has 1 aliphatic rings. The highest BCUT2D eigenvalue weighted by atomic mass is 16.5. The van der Waals surface area contributed by atoms with Crippen LogP contribution >= 0.6 is 0 Å². The quantitative estimate of drug-likeness (QED) is 0.638. The van der Waals surface area contributed by atoms with E-state index in [0.717, 1.165) is 18.6 Å². The van der Waals surface area contributed by atoms with Crippen molar-refractivity contribution in [2.45, 2.75) is 20.3 Å². The van der Waals surface area contributed by atoms with Gasteiger partial charge in [-0.3, -0.25) is 0 Å². The van der Waals surface area contributed by atoms with E-state index in [0.29, 0.717) is 18.1 Å². The first-order valence-electron chi connectivity index (χ1n) is 4.11. The van der Waals surface area contributed by atoms with E-state index in [1.807, 2.05) is 6.92 Å². The molecule has 1 aliphatic heterocycles. The Morgan fingerprint density at radius 3 is 2.58 bits per heavy atom. The summed E-state index contributed by atoms with van der Waals surface area (Å²) in [6.07, 6.45) is 0.955. The normalized spacial score (nSPS) is 25.3. The van der Waals surface area contributed by atoms with Crippen molar-refractivity contribution in [3.05, 3.63) is 11.1 Å². The zero-order chi connectivity index (χ0) is 9.14. The van der Waals surface area contributed by atoms with Gasteiger partial charge in [0.15, 0.2) is 0 Å². The minimum absolute atomic E-state index is 0.320. The van der Waals surface area contributed by atoms with Gasteiger partial charge in [-0.15, -0.1) is 0 Å². The number of hydrogen-bond acceptors (Lipinski definition) is 2. The highest BCUT2D eigenvalue weighted by Gasteiger charge is 2.20. The van der Waals surface area contributed by atoms with Crippen LogP contribution in [0.25, 0.3) is 0 Å². The molecule has 0 amide bonds. The molecule has 0 aromatic carbocycles. The number of ether oxygens (including phenoxy) is 1. The third-order valence-corrected chi connectivity index (χ3v) is 2.45. The standard InChI is InChI=1S/C9H14O3/c1-6(7(2)9(10)11)8-3-4-12-5-8/h8H,3-5H2,1-2H3,(H,10,11)/b7-6+. The van der Waals surface area contributed by atoms with Crippen molar-refractivity contribution < 1.29 is 14.6 Å². The zero-order valence-corrected chi connectivity index (χ0v) is 7.46. The van der Waals surface area contributed by atoms with E-state index >= 15 is 0 Å². The molecular weight excluding hydrogens is 156 g/mol. The van der Waals surface area contributed by atoms with Gasteiger partial charge in [0.1, 0.15) is 0 Å². The molecule has 1 rings (SSSR count). The lowest BCUT2D eigenvalue weighted by Gasteiger charge is -2.09. The Balaban J connectivity index is 2.72. The van der Waals surface area contributed by atoms with E-state index in [-0.39, 0.29) is 0 Å². The number of carboxylic acid groups (broad SMARTS) is 1. The molecule has 0 aromatic rings. The molecule has 1 saturated heterocycles. The molecule has 1 N–H and O–H groups in total. The average Bonchev–Trinajstić information content (AvgIpc) is 2.53. The van der Waals surface area contributed by atoms with Crippen LogP contribution in [-0.2, 0) is 9.53 Å². The molecule has 68 valence electrons. The van der Waals surface area contributed by atoms with Crippen molar-refractivity contribution in [3.8, 4) is 0 Å². The molecule has 0 aliphatic carbocycles. The summed E-state index contributed by atoms with van der Waals surface area (Å²) in [5.74, 6) is -0.500. The van der Waals surface area contributed by atoms with E-state index in [1.54, 1.807) is 6.92 Å². The minimum atomic E-state index is -0.820. The molecule has 1 unspecified atom stereocenters. The van der Waals surface area contributed by atoms with Crippen molar-refractivity contribution in [2.24, 2.45) is 5.92 Å². The van der Waals surface area contributed by atoms with E-state index in [4.69, 9.17) is 9.84 Å². The smallest absolute Gasteiger partial charge is 0.331 e. The molecule has 0 saturated carbocycles. The van der Waals surface area contributed by atoms with Gasteiger partial charge in [0.25, 0.3) is 0 Å². The molecule has 3 heteroatoms. The highest BCUT2D eigenvalue weighted by Crippen LogP contribution is 2.23. The van der Waals surface area contributed by atoms with Crippen LogP contribution in [0.5, 0.6) is 0 Å². The molecule has 0 spiro atoms. The zero-order valence-electron chi connectivity index (χ0n) is 7.46. The fourth-order valence-electron chi connectivity index (χ4n) is 1.35. The van der Waals surface area contributed by atoms with Crippen LogP contribution in [-0.4, -0.2) is 24.3 Å². The van der Waals surface area contributed by atoms with Gasteiger partial charge in [-0.25, -0.2) is 4.79 Å². The van der Waals surface area contributed by atoms with Crippen molar-refractivity contribution in [2.75, 3.05) is 13.2 Å². The molecule has 1 fully saturated rings. The SMILES string of the molecule is C/C(C(=O)O)=C(/C)C1CCOC1. The molecule has 12 heavy (non-hydrogen) atoms. The predicted molar refractivity (Wildman–Crippen MR) is 44.9 cm³/mol. The first kappa shape index (κ1) is 9.26. The number of rotatable bonds is 2. The number of hydrogen-bond donors (Lipinski definition) is 1. The van der Waals surface area contributed by atoms with Gasteiger partial charge in [0.05, 0.1) is 6.61 Å². The van der Waals surface area contributed by atoms with Crippen LogP contribution in [0.1, 0.15) is 20.3 Å². The van der Waals surface area contributed by atoms with Crippen LogP contribution in [0.2, 0.25) is 0 Å². The highest BCUT2D eigenvalue weighted by molar-refractivity contribution is 5.86. The van der Waals surface area contributed by atoms with Crippen LogP contribution < -0.4 is 0 Å². The van der Waals surface area contributed by atoms with Gasteiger partial charge in [-0.2, -0.15) is 0 Å². The molecule has 3 nitrogen and oxygen atoms in total. The van der Waals surface area contributed by atoms with E-state index in [9.17, 15) is 4.79 Å². The Bertz CT molecular complexity index is 212. The maximum atomic E-state index is 10.6. The van der Waals surface area contributed by atoms with Crippen molar-refractivity contribution in [1.29, 1.82) is 0 Å². The largest absolute Gasteiger partial charge is 0.478 e. The van der Waals surface area contributed by atoms with Gasteiger partial charge >= 0.3 is 5.97 Å². The lowest BCUT2D eigenvalue weighted by molar-refractivity contribution is -0.132. The summed E-state index contributed by atoms with van der Waals surface area (Å²) in [6, 6.07) is 0. The Morgan fingerprint density at radius 1 is 1.50 bits per heavy atom. The van der Waals surface area contributed by atoms with Gasteiger partial charge in [-0.05, 0) is 20.3 Å². The van der Waals surface area contributed by atoms with Crippen molar-refractivity contribution in [1.82, 2.24) is 0 Å². The summed E-state index contributed by atoms with van der Waals surface area (Å²) >= 11 is 0. The minimum Gasteiger partial charge on any atom is -0.478 e. The molecule has 1 atom stereocenters. The van der Waals surface area contributed by atoms with Gasteiger partial charge < -0.3 is 9.84 Å².